The Hall–Kier alpha value is -2.41. The lowest BCUT2D eigenvalue weighted by atomic mass is 10.0. The van der Waals surface area contributed by atoms with Crippen LogP contribution >= 0.6 is 11.6 Å². The number of ether oxygens (including phenoxy) is 1. The van der Waals surface area contributed by atoms with Gasteiger partial charge in [-0.3, -0.25) is 24.1 Å². The molecule has 1 heterocycles. The van der Waals surface area contributed by atoms with E-state index in [2.05, 4.69) is 10.1 Å². The van der Waals surface area contributed by atoms with Crippen molar-refractivity contribution in [2.24, 2.45) is 0 Å². The molecular weight excluding hydrogens is 348 g/mol. The summed E-state index contributed by atoms with van der Waals surface area (Å²) in [6.07, 6.45) is 0.253. The molecule has 0 aromatic heterocycles. The van der Waals surface area contributed by atoms with E-state index in [0.717, 1.165) is 4.90 Å². The number of hydrogen-bond donors (Lipinski definition) is 1. The van der Waals surface area contributed by atoms with Gasteiger partial charge < -0.3 is 10.1 Å². The Bertz CT molecular complexity index is 675. The van der Waals surface area contributed by atoms with E-state index in [-0.39, 0.29) is 49.9 Å². The SMILES string of the molecule is COC(=O)CC(NC(=O)CCN1C(=O)CCC1=O)c1ccccc1Cl. The maximum Gasteiger partial charge on any atom is 0.307 e. The lowest BCUT2D eigenvalue weighted by molar-refractivity contribution is -0.141. The van der Waals surface area contributed by atoms with Crippen LogP contribution in [0.4, 0.5) is 0 Å². The maximum absolute atomic E-state index is 12.2. The van der Waals surface area contributed by atoms with Gasteiger partial charge in [0.05, 0.1) is 19.6 Å². The quantitative estimate of drug-likeness (QED) is 0.584. The van der Waals surface area contributed by atoms with Gasteiger partial charge >= 0.3 is 5.97 Å². The number of imide groups is 1. The Morgan fingerprint density at radius 3 is 2.48 bits per heavy atom. The third-order valence-electron chi connectivity index (χ3n) is 3.93. The van der Waals surface area contributed by atoms with Crippen molar-refractivity contribution in [2.75, 3.05) is 13.7 Å². The van der Waals surface area contributed by atoms with E-state index < -0.39 is 12.0 Å². The summed E-state index contributed by atoms with van der Waals surface area (Å²) in [6, 6.07) is 6.21. The second-order valence-corrected chi connectivity index (χ2v) is 6.02. The summed E-state index contributed by atoms with van der Waals surface area (Å²) in [5, 5.41) is 3.14. The molecule has 1 aromatic carbocycles. The molecule has 134 valence electrons. The lowest BCUT2D eigenvalue weighted by Crippen LogP contribution is -2.36. The summed E-state index contributed by atoms with van der Waals surface area (Å²) in [5.74, 6) is -1.42. The standard InChI is InChI=1S/C17H19ClN2O5/c1-25-17(24)10-13(11-4-2-3-5-12(11)18)19-14(21)8-9-20-15(22)6-7-16(20)23/h2-5,13H,6-10H2,1H3,(H,19,21). The Morgan fingerprint density at radius 1 is 1.24 bits per heavy atom. The fourth-order valence-electron chi connectivity index (χ4n) is 2.60. The van der Waals surface area contributed by atoms with Crippen LogP contribution in [0.5, 0.6) is 0 Å². The van der Waals surface area contributed by atoms with Gasteiger partial charge in [0.25, 0.3) is 0 Å². The van der Waals surface area contributed by atoms with Crippen molar-refractivity contribution >= 4 is 35.3 Å². The number of likely N-dealkylation sites (tertiary alicyclic amines) is 1. The Balaban J connectivity index is 2.02. The zero-order chi connectivity index (χ0) is 18.4. The number of hydrogen-bond acceptors (Lipinski definition) is 5. The summed E-state index contributed by atoms with van der Waals surface area (Å²) >= 11 is 6.15. The summed E-state index contributed by atoms with van der Waals surface area (Å²) in [7, 11) is 1.26. The van der Waals surface area contributed by atoms with Crippen LogP contribution in [0, 0.1) is 0 Å². The van der Waals surface area contributed by atoms with Crippen molar-refractivity contribution in [3.63, 3.8) is 0 Å². The molecule has 7 nitrogen and oxygen atoms in total. The molecule has 1 aliphatic rings. The van der Waals surface area contributed by atoms with E-state index in [1.165, 1.54) is 7.11 Å². The van der Waals surface area contributed by atoms with Gasteiger partial charge in [0.1, 0.15) is 0 Å². The molecule has 1 aliphatic heterocycles. The molecule has 1 unspecified atom stereocenters. The number of amides is 3. The van der Waals surface area contributed by atoms with Crippen LogP contribution in [-0.4, -0.2) is 42.2 Å². The van der Waals surface area contributed by atoms with Crippen LogP contribution in [0.15, 0.2) is 24.3 Å². The highest BCUT2D eigenvalue weighted by molar-refractivity contribution is 6.31. The first-order chi connectivity index (χ1) is 11.9. The molecule has 8 heteroatoms. The number of rotatable bonds is 7. The third-order valence-corrected chi connectivity index (χ3v) is 4.28. The van der Waals surface area contributed by atoms with Crippen molar-refractivity contribution in [2.45, 2.75) is 31.7 Å². The van der Waals surface area contributed by atoms with Crippen molar-refractivity contribution < 1.29 is 23.9 Å². The van der Waals surface area contributed by atoms with E-state index in [0.29, 0.717) is 10.6 Å². The fraction of sp³-hybridized carbons (Fsp3) is 0.412. The molecule has 0 radical (unpaired) electrons. The van der Waals surface area contributed by atoms with Gasteiger partial charge in [-0.15, -0.1) is 0 Å². The average molecular weight is 367 g/mol. The number of benzene rings is 1. The zero-order valence-corrected chi connectivity index (χ0v) is 14.5. The molecule has 1 N–H and O–H groups in total. The van der Waals surface area contributed by atoms with Crippen molar-refractivity contribution in [1.82, 2.24) is 10.2 Å². The summed E-state index contributed by atoms with van der Waals surface area (Å²) in [5.41, 5.74) is 0.594. The molecular formula is C17H19ClN2O5. The average Bonchev–Trinajstić information content (AvgIpc) is 2.91. The Labute approximate surface area is 150 Å². The molecule has 1 saturated heterocycles. The monoisotopic (exact) mass is 366 g/mol. The minimum Gasteiger partial charge on any atom is -0.469 e. The summed E-state index contributed by atoms with van der Waals surface area (Å²) in [4.78, 5) is 48.1. The molecule has 0 spiro atoms. The normalized spacial score (nSPS) is 15.2. The number of methoxy groups -OCH3 is 1. The van der Waals surface area contributed by atoms with E-state index in [1.54, 1.807) is 24.3 Å². The predicted molar refractivity (Wildman–Crippen MR) is 89.5 cm³/mol. The van der Waals surface area contributed by atoms with Crippen molar-refractivity contribution in [1.29, 1.82) is 0 Å². The van der Waals surface area contributed by atoms with Gasteiger partial charge in [0.15, 0.2) is 0 Å². The van der Waals surface area contributed by atoms with Crippen LogP contribution < -0.4 is 5.32 Å². The van der Waals surface area contributed by atoms with Crippen LogP contribution in [0.3, 0.4) is 0 Å². The first kappa shape index (κ1) is 18.9. The van der Waals surface area contributed by atoms with E-state index in [9.17, 15) is 19.2 Å². The second kappa shape index (κ2) is 8.62. The number of carbonyl (C=O) groups excluding carboxylic acids is 4. The van der Waals surface area contributed by atoms with Gasteiger partial charge in [-0.05, 0) is 11.6 Å². The maximum atomic E-state index is 12.2. The van der Waals surface area contributed by atoms with Gasteiger partial charge in [0.2, 0.25) is 17.7 Å². The molecule has 1 atom stereocenters. The minimum atomic E-state index is -0.654. The number of esters is 1. The highest BCUT2D eigenvalue weighted by Crippen LogP contribution is 2.25. The Kier molecular flexibility index (Phi) is 6.52. The van der Waals surface area contributed by atoms with Gasteiger partial charge in [-0.25, -0.2) is 0 Å². The molecule has 0 saturated carbocycles. The first-order valence-electron chi connectivity index (χ1n) is 7.86. The first-order valence-corrected chi connectivity index (χ1v) is 8.24. The van der Waals surface area contributed by atoms with Crippen molar-refractivity contribution in [3.8, 4) is 0 Å². The number of halogens is 1. The van der Waals surface area contributed by atoms with Crippen LogP contribution in [-0.2, 0) is 23.9 Å². The molecule has 1 aromatic rings. The molecule has 25 heavy (non-hydrogen) atoms. The van der Waals surface area contributed by atoms with E-state index in [1.807, 2.05) is 0 Å². The van der Waals surface area contributed by atoms with Crippen molar-refractivity contribution in [3.05, 3.63) is 34.9 Å². The molecule has 0 aliphatic carbocycles. The molecule has 0 bridgehead atoms. The Morgan fingerprint density at radius 2 is 1.88 bits per heavy atom. The fourth-order valence-corrected chi connectivity index (χ4v) is 2.87. The lowest BCUT2D eigenvalue weighted by Gasteiger charge is -2.20. The van der Waals surface area contributed by atoms with Gasteiger partial charge in [-0.1, -0.05) is 29.8 Å². The highest BCUT2D eigenvalue weighted by Gasteiger charge is 2.29. The van der Waals surface area contributed by atoms with Gasteiger partial charge in [-0.2, -0.15) is 0 Å². The number of nitrogens with zero attached hydrogens (tertiary/aromatic N) is 1. The zero-order valence-electron chi connectivity index (χ0n) is 13.8. The highest BCUT2D eigenvalue weighted by atomic mass is 35.5. The molecule has 3 amide bonds. The summed E-state index contributed by atoms with van der Waals surface area (Å²) < 4.78 is 4.66. The van der Waals surface area contributed by atoms with Crippen LogP contribution in [0.25, 0.3) is 0 Å². The van der Waals surface area contributed by atoms with E-state index >= 15 is 0 Å². The summed E-state index contributed by atoms with van der Waals surface area (Å²) in [6.45, 7) is 0.0248. The van der Waals surface area contributed by atoms with E-state index in [4.69, 9.17) is 11.6 Å². The van der Waals surface area contributed by atoms with Crippen LogP contribution in [0.1, 0.15) is 37.3 Å². The molecule has 2 rings (SSSR count). The minimum absolute atomic E-state index is 0.0248. The van der Waals surface area contributed by atoms with Gasteiger partial charge in [0, 0.05) is 30.8 Å². The number of carbonyl (C=O) groups is 4. The molecule has 1 fully saturated rings. The third kappa shape index (κ3) is 5.03. The number of nitrogens with one attached hydrogen (secondary N) is 1. The largest absolute Gasteiger partial charge is 0.469 e. The predicted octanol–water partition coefficient (Wildman–Crippen LogP) is 1.60. The van der Waals surface area contributed by atoms with Crippen LogP contribution in [0.2, 0.25) is 5.02 Å². The second-order valence-electron chi connectivity index (χ2n) is 5.61. The smallest absolute Gasteiger partial charge is 0.307 e. The topological polar surface area (TPSA) is 92.8 Å².